The van der Waals surface area contributed by atoms with Gasteiger partial charge in [0.2, 0.25) is 0 Å². The van der Waals surface area contributed by atoms with Crippen LogP contribution >= 0.6 is 0 Å². The van der Waals surface area contributed by atoms with E-state index in [0.717, 1.165) is 11.3 Å². The van der Waals surface area contributed by atoms with Crippen molar-refractivity contribution in [2.75, 3.05) is 0 Å². The Hall–Kier alpha value is -2.46. The molecule has 0 unspecified atom stereocenters. The molecule has 0 bridgehead atoms. The Bertz CT molecular complexity index is 713. The second-order valence-electron chi connectivity index (χ2n) is 3.94. The molecular weight excluding hydrogens is 206 g/mol. The van der Waals surface area contributed by atoms with E-state index in [4.69, 9.17) is 6.42 Å². The fourth-order valence-electron chi connectivity index (χ4n) is 2.05. The molecule has 0 fully saturated rings. The SMILES string of the molecule is C#Cc1cccc(-n2ccc3ccccc32)c1. The smallest absolute Gasteiger partial charge is 0.0528 e. The average Bonchev–Trinajstić information content (AvgIpc) is 2.82. The zero-order chi connectivity index (χ0) is 11.7. The first kappa shape index (κ1) is 9.74. The molecule has 1 heteroatoms. The summed E-state index contributed by atoms with van der Waals surface area (Å²) in [5, 5.41) is 1.23. The maximum atomic E-state index is 5.43. The molecule has 0 saturated carbocycles. The predicted octanol–water partition coefficient (Wildman–Crippen LogP) is 3.61. The monoisotopic (exact) mass is 217 g/mol. The van der Waals surface area contributed by atoms with E-state index in [1.807, 2.05) is 30.3 Å². The lowest BCUT2D eigenvalue weighted by Crippen LogP contribution is -1.91. The van der Waals surface area contributed by atoms with Crippen LogP contribution in [0.4, 0.5) is 0 Å². The maximum Gasteiger partial charge on any atom is 0.0528 e. The van der Waals surface area contributed by atoms with Crippen LogP contribution in [0.2, 0.25) is 0 Å². The van der Waals surface area contributed by atoms with Crippen molar-refractivity contribution in [2.24, 2.45) is 0 Å². The third-order valence-electron chi connectivity index (χ3n) is 2.89. The molecule has 0 amide bonds. The zero-order valence-corrected chi connectivity index (χ0v) is 9.30. The highest BCUT2D eigenvalue weighted by molar-refractivity contribution is 5.81. The molecule has 0 N–H and O–H groups in total. The van der Waals surface area contributed by atoms with E-state index in [-0.39, 0.29) is 0 Å². The average molecular weight is 217 g/mol. The quantitative estimate of drug-likeness (QED) is 0.549. The van der Waals surface area contributed by atoms with Gasteiger partial charge in [0.1, 0.15) is 0 Å². The number of benzene rings is 2. The first-order chi connectivity index (χ1) is 8.38. The summed E-state index contributed by atoms with van der Waals surface area (Å²) in [6.07, 6.45) is 7.50. The summed E-state index contributed by atoms with van der Waals surface area (Å²) in [4.78, 5) is 0. The van der Waals surface area contributed by atoms with Crippen LogP contribution in [0.25, 0.3) is 16.6 Å². The third kappa shape index (κ3) is 1.60. The predicted molar refractivity (Wildman–Crippen MR) is 71.2 cm³/mol. The number of rotatable bonds is 1. The lowest BCUT2D eigenvalue weighted by molar-refractivity contribution is 1.13. The molecule has 0 aliphatic heterocycles. The van der Waals surface area contributed by atoms with Gasteiger partial charge >= 0.3 is 0 Å². The summed E-state index contributed by atoms with van der Waals surface area (Å²) in [5.74, 6) is 2.66. The molecule has 1 heterocycles. The van der Waals surface area contributed by atoms with E-state index in [1.165, 1.54) is 10.9 Å². The van der Waals surface area contributed by atoms with Gasteiger partial charge in [-0.2, -0.15) is 0 Å². The Morgan fingerprint density at radius 2 is 1.82 bits per heavy atom. The van der Waals surface area contributed by atoms with Crippen molar-refractivity contribution in [1.82, 2.24) is 4.57 Å². The number of fused-ring (bicyclic) bond motifs is 1. The maximum absolute atomic E-state index is 5.43. The van der Waals surface area contributed by atoms with Gasteiger partial charge in [-0.05, 0) is 35.7 Å². The van der Waals surface area contributed by atoms with Crippen LogP contribution in [-0.4, -0.2) is 4.57 Å². The first-order valence-corrected chi connectivity index (χ1v) is 5.51. The van der Waals surface area contributed by atoms with Gasteiger partial charge in [0.15, 0.2) is 0 Å². The topological polar surface area (TPSA) is 4.93 Å². The minimum atomic E-state index is 0.903. The molecule has 0 saturated heterocycles. The number of nitrogens with zero attached hydrogens (tertiary/aromatic N) is 1. The highest BCUT2D eigenvalue weighted by Crippen LogP contribution is 2.20. The standard InChI is InChI=1S/C16H11N/c1-2-13-6-5-8-15(12-13)17-11-10-14-7-3-4-9-16(14)17/h1,3-12H. The van der Waals surface area contributed by atoms with Crippen molar-refractivity contribution in [3.05, 3.63) is 66.4 Å². The van der Waals surface area contributed by atoms with Crippen LogP contribution in [0.5, 0.6) is 0 Å². The van der Waals surface area contributed by atoms with Crippen LogP contribution in [0, 0.1) is 12.3 Å². The first-order valence-electron chi connectivity index (χ1n) is 5.51. The lowest BCUT2D eigenvalue weighted by atomic mass is 10.2. The van der Waals surface area contributed by atoms with Crippen molar-refractivity contribution in [3.63, 3.8) is 0 Å². The summed E-state index contributed by atoms with van der Waals surface area (Å²) in [5.41, 5.74) is 3.20. The van der Waals surface area contributed by atoms with E-state index >= 15 is 0 Å². The Balaban J connectivity index is 2.24. The number of hydrogen-bond donors (Lipinski definition) is 0. The van der Waals surface area contributed by atoms with Gasteiger partial charge in [-0.25, -0.2) is 0 Å². The van der Waals surface area contributed by atoms with Crippen LogP contribution < -0.4 is 0 Å². The largest absolute Gasteiger partial charge is 0.317 e. The van der Waals surface area contributed by atoms with Crippen LogP contribution in [0.3, 0.4) is 0 Å². The number of aromatic nitrogens is 1. The van der Waals surface area contributed by atoms with E-state index in [1.54, 1.807) is 0 Å². The summed E-state index contributed by atoms with van der Waals surface area (Å²) < 4.78 is 2.15. The molecule has 0 spiro atoms. The lowest BCUT2D eigenvalue weighted by Gasteiger charge is -2.05. The van der Waals surface area contributed by atoms with E-state index in [9.17, 15) is 0 Å². The molecule has 0 aliphatic rings. The van der Waals surface area contributed by atoms with Gasteiger partial charge < -0.3 is 4.57 Å². The van der Waals surface area contributed by atoms with Crippen molar-refractivity contribution in [2.45, 2.75) is 0 Å². The normalized spacial score (nSPS) is 10.3. The molecule has 2 aromatic carbocycles. The van der Waals surface area contributed by atoms with Crippen LogP contribution in [0.15, 0.2) is 60.8 Å². The molecule has 80 valence electrons. The Labute approximate surface area is 100 Å². The van der Waals surface area contributed by atoms with Gasteiger partial charge in [0.05, 0.1) is 5.52 Å². The zero-order valence-electron chi connectivity index (χ0n) is 9.30. The summed E-state index contributed by atoms with van der Waals surface area (Å²) in [6, 6.07) is 18.4. The summed E-state index contributed by atoms with van der Waals surface area (Å²) in [6.45, 7) is 0. The molecule has 1 aromatic heterocycles. The minimum Gasteiger partial charge on any atom is -0.317 e. The molecule has 1 nitrogen and oxygen atoms in total. The van der Waals surface area contributed by atoms with Gasteiger partial charge in [-0.1, -0.05) is 30.2 Å². The van der Waals surface area contributed by atoms with Gasteiger partial charge in [-0.15, -0.1) is 6.42 Å². The minimum absolute atomic E-state index is 0.903. The van der Waals surface area contributed by atoms with Gasteiger partial charge in [0, 0.05) is 17.4 Å². The summed E-state index contributed by atoms with van der Waals surface area (Å²) >= 11 is 0. The van der Waals surface area contributed by atoms with Crippen molar-refractivity contribution < 1.29 is 0 Å². The number of para-hydroxylation sites is 1. The molecule has 3 aromatic rings. The van der Waals surface area contributed by atoms with Crippen LogP contribution in [-0.2, 0) is 0 Å². The molecule has 0 aliphatic carbocycles. The second-order valence-corrected chi connectivity index (χ2v) is 3.94. The second kappa shape index (κ2) is 3.84. The van der Waals surface area contributed by atoms with Gasteiger partial charge in [-0.3, -0.25) is 0 Å². The van der Waals surface area contributed by atoms with E-state index < -0.39 is 0 Å². The third-order valence-corrected chi connectivity index (χ3v) is 2.89. The number of hydrogen-bond acceptors (Lipinski definition) is 0. The van der Waals surface area contributed by atoms with Crippen LogP contribution in [0.1, 0.15) is 5.56 Å². The molecule has 3 rings (SSSR count). The Morgan fingerprint density at radius 3 is 2.71 bits per heavy atom. The molecule has 17 heavy (non-hydrogen) atoms. The van der Waals surface area contributed by atoms with Gasteiger partial charge in [0.25, 0.3) is 0 Å². The highest BCUT2D eigenvalue weighted by atomic mass is 15.0. The van der Waals surface area contributed by atoms with Crippen molar-refractivity contribution >= 4 is 10.9 Å². The fraction of sp³-hybridized carbons (Fsp3) is 0. The summed E-state index contributed by atoms with van der Waals surface area (Å²) in [7, 11) is 0. The molecular formula is C16H11N. The number of terminal acetylenes is 1. The van der Waals surface area contributed by atoms with E-state index in [2.05, 4.69) is 40.9 Å². The highest BCUT2D eigenvalue weighted by Gasteiger charge is 2.02. The Morgan fingerprint density at radius 1 is 0.941 bits per heavy atom. The molecule has 0 atom stereocenters. The Kier molecular flexibility index (Phi) is 2.20. The molecule has 0 radical (unpaired) electrons. The van der Waals surface area contributed by atoms with E-state index in [0.29, 0.717) is 0 Å². The van der Waals surface area contributed by atoms with Crippen molar-refractivity contribution in [1.29, 1.82) is 0 Å². The fourth-order valence-corrected chi connectivity index (χ4v) is 2.05. The van der Waals surface area contributed by atoms with Crippen molar-refractivity contribution in [3.8, 4) is 18.0 Å².